The summed E-state index contributed by atoms with van der Waals surface area (Å²) in [6, 6.07) is 4.10. The summed E-state index contributed by atoms with van der Waals surface area (Å²) in [4.78, 5) is 2.96. The third-order valence-corrected chi connectivity index (χ3v) is 1.17. The molecular formula is C7H11N2+. The Hall–Kier alpha value is -0.890. The maximum absolute atomic E-state index is 3.07. The standard InChI is InChI=1S/C7H10N2/c1-8-6-7-2-4-9-5-3-7/h2-5,8H,6H2,1H3/p+1. The van der Waals surface area contributed by atoms with Crippen molar-refractivity contribution < 1.29 is 4.98 Å². The van der Waals surface area contributed by atoms with Gasteiger partial charge in [0, 0.05) is 18.7 Å². The van der Waals surface area contributed by atoms with E-state index in [2.05, 4.69) is 22.4 Å². The number of nitrogens with one attached hydrogen (secondary N) is 2. The molecule has 2 nitrogen and oxygen atoms in total. The summed E-state index contributed by atoms with van der Waals surface area (Å²) in [6.07, 6.45) is 3.85. The van der Waals surface area contributed by atoms with Crippen LogP contribution in [0.5, 0.6) is 0 Å². The molecule has 1 aromatic rings. The van der Waals surface area contributed by atoms with Gasteiger partial charge in [-0.1, -0.05) is 0 Å². The van der Waals surface area contributed by atoms with Crippen LogP contribution in [0.1, 0.15) is 5.56 Å². The molecular weight excluding hydrogens is 112 g/mol. The molecule has 2 N–H and O–H groups in total. The number of aromatic amines is 1. The highest BCUT2D eigenvalue weighted by Gasteiger charge is 1.87. The third kappa shape index (κ3) is 1.82. The summed E-state index contributed by atoms with van der Waals surface area (Å²) in [7, 11) is 1.94. The van der Waals surface area contributed by atoms with Gasteiger partial charge in [-0.05, 0) is 12.6 Å². The van der Waals surface area contributed by atoms with E-state index in [4.69, 9.17) is 0 Å². The van der Waals surface area contributed by atoms with Gasteiger partial charge in [-0.3, -0.25) is 0 Å². The molecule has 0 amide bonds. The fourth-order valence-corrected chi connectivity index (χ4v) is 0.743. The molecule has 0 saturated heterocycles. The minimum absolute atomic E-state index is 0.939. The van der Waals surface area contributed by atoms with Gasteiger partial charge in [-0.2, -0.15) is 0 Å². The number of pyridine rings is 1. The zero-order chi connectivity index (χ0) is 6.53. The van der Waals surface area contributed by atoms with Crippen LogP contribution in [0.4, 0.5) is 0 Å². The normalized spacial score (nSPS) is 9.44. The van der Waals surface area contributed by atoms with Gasteiger partial charge >= 0.3 is 0 Å². The molecule has 48 valence electrons. The molecule has 0 aliphatic heterocycles. The fourth-order valence-electron chi connectivity index (χ4n) is 0.743. The smallest absolute Gasteiger partial charge is 0.167 e. The summed E-state index contributed by atoms with van der Waals surface area (Å²) in [6.45, 7) is 0.939. The third-order valence-electron chi connectivity index (χ3n) is 1.17. The van der Waals surface area contributed by atoms with Crippen molar-refractivity contribution in [3.05, 3.63) is 30.1 Å². The maximum Gasteiger partial charge on any atom is 0.167 e. The van der Waals surface area contributed by atoms with Crippen molar-refractivity contribution >= 4 is 0 Å². The van der Waals surface area contributed by atoms with Crippen molar-refractivity contribution in [1.29, 1.82) is 0 Å². The van der Waals surface area contributed by atoms with Gasteiger partial charge < -0.3 is 5.32 Å². The molecule has 0 aromatic carbocycles. The lowest BCUT2D eigenvalue weighted by molar-refractivity contribution is -0.378. The average Bonchev–Trinajstić information content (AvgIpc) is 1.91. The van der Waals surface area contributed by atoms with Crippen LogP contribution >= 0.6 is 0 Å². The van der Waals surface area contributed by atoms with Crippen molar-refractivity contribution in [3.8, 4) is 0 Å². The minimum atomic E-state index is 0.939. The Morgan fingerprint density at radius 3 is 2.67 bits per heavy atom. The van der Waals surface area contributed by atoms with Crippen LogP contribution in [0.15, 0.2) is 24.5 Å². The van der Waals surface area contributed by atoms with E-state index < -0.39 is 0 Å². The molecule has 0 unspecified atom stereocenters. The van der Waals surface area contributed by atoms with E-state index in [1.807, 2.05) is 19.4 Å². The summed E-state index contributed by atoms with van der Waals surface area (Å²) >= 11 is 0. The summed E-state index contributed by atoms with van der Waals surface area (Å²) in [5, 5.41) is 3.07. The predicted molar refractivity (Wildman–Crippen MR) is 35.8 cm³/mol. The van der Waals surface area contributed by atoms with Crippen LogP contribution in [0.25, 0.3) is 0 Å². The number of aromatic nitrogens is 1. The van der Waals surface area contributed by atoms with Crippen LogP contribution < -0.4 is 10.3 Å². The Labute approximate surface area is 54.9 Å². The second-order valence-corrected chi connectivity index (χ2v) is 1.94. The minimum Gasteiger partial charge on any atom is -0.316 e. The molecule has 0 aliphatic rings. The lowest BCUT2D eigenvalue weighted by Gasteiger charge is -1.93. The Bertz CT molecular complexity index is 160. The fraction of sp³-hybridized carbons (Fsp3) is 0.286. The first-order valence-electron chi connectivity index (χ1n) is 3.03. The van der Waals surface area contributed by atoms with Crippen molar-refractivity contribution in [1.82, 2.24) is 5.32 Å². The lowest BCUT2D eigenvalue weighted by Crippen LogP contribution is -2.07. The quantitative estimate of drug-likeness (QED) is 0.598. The highest BCUT2D eigenvalue weighted by Crippen LogP contribution is 1.90. The highest BCUT2D eigenvalue weighted by molar-refractivity contribution is 5.05. The van der Waals surface area contributed by atoms with E-state index in [0.717, 1.165) is 6.54 Å². The molecule has 0 radical (unpaired) electrons. The first-order valence-corrected chi connectivity index (χ1v) is 3.03. The highest BCUT2D eigenvalue weighted by atomic mass is 14.8. The Morgan fingerprint density at radius 1 is 1.44 bits per heavy atom. The predicted octanol–water partition coefficient (Wildman–Crippen LogP) is 0.220. The van der Waals surface area contributed by atoms with E-state index in [1.54, 1.807) is 0 Å². The first-order chi connectivity index (χ1) is 4.43. The lowest BCUT2D eigenvalue weighted by atomic mass is 10.3. The maximum atomic E-state index is 3.07. The number of rotatable bonds is 2. The number of hydrogen-bond donors (Lipinski definition) is 1. The molecule has 0 fully saturated rings. The van der Waals surface area contributed by atoms with Gasteiger partial charge in [0.1, 0.15) is 0 Å². The second-order valence-electron chi connectivity index (χ2n) is 1.94. The molecule has 1 heterocycles. The monoisotopic (exact) mass is 123 g/mol. The van der Waals surface area contributed by atoms with E-state index in [1.165, 1.54) is 5.56 Å². The largest absolute Gasteiger partial charge is 0.316 e. The Morgan fingerprint density at radius 2 is 2.11 bits per heavy atom. The Balaban J connectivity index is 2.61. The van der Waals surface area contributed by atoms with Crippen LogP contribution in [-0.4, -0.2) is 7.05 Å². The number of H-pyrrole nitrogens is 1. The van der Waals surface area contributed by atoms with E-state index in [0.29, 0.717) is 0 Å². The summed E-state index contributed by atoms with van der Waals surface area (Å²) in [5.41, 5.74) is 1.30. The van der Waals surface area contributed by atoms with Gasteiger partial charge in [-0.25, -0.2) is 4.98 Å². The molecule has 0 spiro atoms. The van der Waals surface area contributed by atoms with Crippen LogP contribution in [0, 0.1) is 0 Å². The summed E-state index contributed by atoms with van der Waals surface area (Å²) in [5.74, 6) is 0. The van der Waals surface area contributed by atoms with E-state index in [-0.39, 0.29) is 0 Å². The van der Waals surface area contributed by atoms with Crippen LogP contribution in [-0.2, 0) is 6.54 Å². The van der Waals surface area contributed by atoms with Crippen molar-refractivity contribution in [3.63, 3.8) is 0 Å². The van der Waals surface area contributed by atoms with Gasteiger partial charge in [-0.15, -0.1) is 0 Å². The molecule has 0 bridgehead atoms. The second kappa shape index (κ2) is 3.20. The average molecular weight is 123 g/mol. The molecule has 2 heteroatoms. The molecule has 1 rings (SSSR count). The molecule has 9 heavy (non-hydrogen) atoms. The van der Waals surface area contributed by atoms with E-state index in [9.17, 15) is 0 Å². The van der Waals surface area contributed by atoms with Crippen LogP contribution in [0.2, 0.25) is 0 Å². The Kier molecular flexibility index (Phi) is 2.22. The molecule has 1 aromatic heterocycles. The molecule has 0 atom stereocenters. The van der Waals surface area contributed by atoms with Crippen LogP contribution in [0.3, 0.4) is 0 Å². The van der Waals surface area contributed by atoms with Crippen molar-refractivity contribution in [2.75, 3.05) is 7.05 Å². The van der Waals surface area contributed by atoms with Gasteiger partial charge in [0.25, 0.3) is 0 Å². The molecule has 0 saturated carbocycles. The summed E-state index contributed by atoms with van der Waals surface area (Å²) < 4.78 is 0. The van der Waals surface area contributed by atoms with E-state index >= 15 is 0 Å². The zero-order valence-electron chi connectivity index (χ0n) is 5.52. The molecule has 0 aliphatic carbocycles. The van der Waals surface area contributed by atoms with Gasteiger partial charge in [0.2, 0.25) is 0 Å². The first kappa shape index (κ1) is 6.23. The van der Waals surface area contributed by atoms with Gasteiger partial charge in [0.05, 0.1) is 0 Å². The zero-order valence-corrected chi connectivity index (χ0v) is 5.52. The SMILES string of the molecule is CNCc1cc[nH+]cc1. The van der Waals surface area contributed by atoms with Crippen molar-refractivity contribution in [2.45, 2.75) is 6.54 Å². The topological polar surface area (TPSA) is 26.2 Å². The van der Waals surface area contributed by atoms with Gasteiger partial charge in [0.15, 0.2) is 12.4 Å². The van der Waals surface area contributed by atoms with Crippen molar-refractivity contribution in [2.24, 2.45) is 0 Å². The number of hydrogen-bond acceptors (Lipinski definition) is 1.